The third kappa shape index (κ3) is 4.21. The fourth-order valence-corrected chi connectivity index (χ4v) is 4.10. The first-order valence-electron chi connectivity index (χ1n) is 9.54. The summed E-state index contributed by atoms with van der Waals surface area (Å²) in [4.78, 5) is 24.1. The summed E-state index contributed by atoms with van der Waals surface area (Å²) in [6.07, 6.45) is 3.58. The van der Waals surface area contributed by atoms with Gasteiger partial charge in [0.15, 0.2) is 5.75 Å². The predicted molar refractivity (Wildman–Crippen MR) is 108 cm³/mol. The Hall–Kier alpha value is -1.82. The highest BCUT2D eigenvalue weighted by atomic mass is 79.9. The van der Waals surface area contributed by atoms with Gasteiger partial charge in [-0.3, -0.25) is 9.59 Å². The van der Waals surface area contributed by atoms with Crippen LogP contribution >= 0.6 is 15.9 Å². The van der Waals surface area contributed by atoms with E-state index in [4.69, 9.17) is 9.47 Å². The van der Waals surface area contributed by atoms with Crippen LogP contribution in [0.3, 0.4) is 0 Å². The average Bonchev–Trinajstić information content (AvgIpc) is 3.31. The van der Waals surface area contributed by atoms with Crippen LogP contribution in [0.1, 0.15) is 51.6 Å². The Morgan fingerprint density at radius 3 is 2.59 bits per heavy atom. The van der Waals surface area contributed by atoms with E-state index in [-0.39, 0.29) is 17.4 Å². The van der Waals surface area contributed by atoms with Crippen molar-refractivity contribution < 1.29 is 19.1 Å². The molecule has 1 aliphatic carbocycles. The topological polar surface area (TPSA) is 57.5 Å². The number of hydrogen-bond donors (Lipinski definition) is 0. The molecule has 0 spiro atoms. The molecular formula is C21H26BrNO4. The monoisotopic (exact) mass is 435 g/mol. The minimum atomic E-state index is -0.219. The van der Waals surface area contributed by atoms with E-state index in [9.17, 15) is 9.59 Å². The number of halogens is 1. The molecular weight excluding hydrogens is 410 g/mol. The zero-order chi connectivity index (χ0) is 19.6. The van der Waals surface area contributed by atoms with Gasteiger partial charge in [-0.25, -0.2) is 0 Å². The van der Waals surface area contributed by atoms with Gasteiger partial charge in [0.25, 0.3) is 0 Å². The molecule has 6 heteroatoms. The van der Waals surface area contributed by atoms with Crippen LogP contribution in [-0.2, 0) is 20.9 Å². The Labute approximate surface area is 168 Å². The van der Waals surface area contributed by atoms with Crippen molar-refractivity contribution in [2.45, 2.75) is 59.4 Å². The Morgan fingerprint density at radius 1 is 1.22 bits per heavy atom. The largest absolute Gasteiger partial charge is 0.466 e. The molecule has 0 bridgehead atoms. The molecule has 1 fully saturated rings. The summed E-state index contributed by atoms with van der Waals surface area (Å²) in [5.74, 6) is 0.255. The number of benzene rings is 1. The van der Waals surface area contributed by atoms with Crippen LogP contribution in [0, 0.1) is 12.3 Å². The molecule has 1 aliphatic rings. The molecule has 0 saturated heterocycles. The highest BCUT2D eigenvalue weighted by Crippen LogP contribution is 2.52. The second kappa shape index (κ2) is 8.05. The van der Waals surface area contributed by atoms with Crippen LogP contribution in [0.15, 0.2) is 22.7 Å². The van der Waals surface area contributed by atoms with Crippen molar-refractivity contribution in [2.75, 3.05) is 6.61 Å². The Kier molecular flexibility index (Phi) is 5.94. The fourth-order valence-electron chi connectivity index (χ4n) is 3.57. The van der Waals surface area contributed by atoms with Gasteiger partial charge in [0.1, 0.15) is 0 Å². The Morgan fingerprint density at radius 2 is 1.96 bits per heavy atom. The molecule has 1 aromatic heterocycles. The molecule has 146 valence electrons. The standard InChI is InChI=1S/C21H26BrNO4/c1-4-7-17(24)27-20-14(3)23(16-9-6-8-15(22)19(16)20)13-21(10-11-21)12-18(25)26-5-2/h6,8-9H,4-5,7,10-13H2,1-3H3. The third-order valence-electron chi connectivity index (χ3n) is 5.19. The van der Waals surface area contributed by atoms with Crippen molar-refractivity contribution in [3.05, 3.63) is 28.4 Å². The smallest absolute Gasteiger partial charge is 0.311 e. The van der Waals surface area contributed by atoms with Crippen LogP contribution in [0.25, 0.3) is 10.9 Å². The fraction of sp³-hybridized carbons (Fsp3) is 0.524. The highest BCUT2D eigenvalue weighted by Gasteiger charge is 2.45. The van der Waals surface area contributed by atoms with Crippen molar-refractivity contribution in [3.8, 4) is 5.75 Å². The molecule has 0 N–H and O–H groups in total. The molecule has 0 unspecified atom stereocenters. The van der Waals surface area contributed by atoms with Gasteiger partial charge < -0.3 is 14.0 Å². The number of nitrogens with zero attached hydrogens (tertiary/aromatic N) is 1. The number of aromatic nitrogens is 1. The van der Waals surface area contributed by atoms with E-state index < -0.39 is 0 Å². The molecule has 2 aromatic rings. The van der Waals surface area contributed by atoms with Crippen molar-refractivity contribution in [1.82, 2.24) is 4.57 Å². The van der Waals surface area contributed by atoms with Gasteiger partial charge in [-0.15, -0.1) is 0 Å². The molecule has 3 rings (SSSR count). The first-order valence-corrected chi connectivity index (χ1v) is 10.3. The summed E-state index contributed by atoms with van der Waals surface area (Å²) in [6, 6.07) is 5.96. The third-order valence-corrected chi connectivity index (χ3v) is 5.85. The summed E-state index contributed by atoms with van der Waals surface area (Å²) < 4.78 is 14.0. The van der Waals surface area contributed by atoms with Crippen LogP contribution in [0.4, 0.5) is 0 Å². The molecule has 27 heavy (non-hydrogen) atoms. The minimum Gasteiger partial charge on any atom is -0.466 e. The molecule has 0 atom stereocenters. The molecule has 0 amide bonds. The lowest BCUT2D eigenvalue weighted by Gasteiger charge is -2.17. The maximum atomic E-state index is 12.1. The summed E-state index contributed by atoms with van der Waals surface area (Å²) in [7, 11) is 0. The lowest BCUT2D eigenvalue weighted by atomic mass is 10.0. The van der Waals surface area contributed by atoms with E-state index in [1.54, 1.807) is 0 Å². The number of esters is 2. The van der Waals surface area contributed by atoms with E-state index in [1.807, 2.05) is 39.0 Å². The number of carbonyl (C=O) groups excluding carboxylic acids is 2. The first kappa shape index (κ1) is 19.9. The summed E-state index contributed by atoms with van der Waals surface area (Å²) in [6.45, 7) is 6.89. The van der Waals surface area contributed by atoms with Gasteiger partial charge in [-0.1, -0.05) is 13.0 Å². The van der Waals surface area contributed by atoms with E-state index in [0.29, 0.717) is 25.2 Å². The summed E-state index contributed by atoms with van der Waals surface area (Å²) >= 11 is 3.60. The van der Waals surface area contributed by atoms with Crippen LogP contribution in [0.2, 0.25) is 0 Å². The second-order valence-electron chi connectivity index (χ2n) is 7.34. The first-order chi connectivity index (χ1) is 12.9. The van der Waals surface area contributed by atoms with E-state index in [0.717, 1.165) is 46.9 Å². The summed E-state index contributed by atoms with van der Waals surface area (Å²) in [5.41, 5.74) is 1.86. The summed E-state index contributed by atoms with van der Waals surface area (Å²) in [5, 5.41) is 0.909. The second-order valence-corrected chi connectivity index (χ2v) is 8.19. The van der Waals surface area contributed by atoms with E-state index in [1.165, 1.54) is 0 Å². The van der Waals surface area contributed by atoms with Gasteiger partial charge in [0.05, 0.1) is 29.6 Å². The van der Waals surface area contributed by atoms with Gasteiger partial charge >= 0.3 is 11.9 Å². The van der Waals surface area contributed by atoms with Crippen molar-refractivity contribution in [2.24, 2.45) is 5.41 Å². The van der Waals surface area contributed by atoms with E-state index in [2.05, 4.69) is 20.5 Å². The van der Waals surface area contributed by atoms with Gasteiger partial charge in [-0.2, -0.15) is 0 Å². The van der Waals surface area contributed by atoms with Gasteiger partial charge in [-0.05, 0) is 66.6 Å². The van der Waals surface area contributed by atoms with E-state index >= 15 is 0 Å². The van der Waals surface area contributed by atoms with Crippen molar-refractivity contribution >= 4 is 38.8 Å². The lowest BCUT2D eigenvalue weighted by molar-refractivity contribution is -0.144. The highest BCUT2D eigenvalue weighted by molar-refractivity contribution is 9.10. The molecule has 1 aromatic carbocycles. The van der Waals surface area contributed by atoms with Crippen LogP contribution < -0.4 is 4.74 Å². The number of ether oxygens (including phenoxy) is 2. The molecule has 0 aliphatic heterocycles. The number of rotatable bonds is 8. The molecule has 1 heterocycles. The number of fused-ring (bicyclic) bond motifs is 1. The molecule has 1 saturated carbocycles. The lowest BCUT2D eigenvalue weighted by Crippen LogP contribution is -2.18. The normalized spacial score (nSPS) is 15.0. The number of hydrogen-bond acceptors (Lipinski definition) is 4. The van der Waals surface area contributed by atoms with Crippen molar-refractivity contribution in [1.29, 1.82) is 0 Å². The maximum Gasteiger partial charge on any atom is 0.311 e. The Balaban J connectivity index is 1.96. The zero-order valence-electron chi connectivity index (χ0n) is 16.1. The number of carbonyl (C=O) groups is 2. The van der Waals surface area contributed by atoms with Gasteiger partial charge in [0.2, 0.25) is 0 Å². The van der Waals surface area contributed by atoms with Crippen LogP contribution in [-0.4, -0.2) is 23.1 Å². The van der Waals surface area contributed by atoms with Crippen molar-refractivity contribution in [3.63, 3.8) is 0 Å². The van der Waals surface area contributed by atoms with Gasteiger partial charge in [0, 0.05) is 17.4 Å². The predicted octanol–water partition coefficient (Wildman–Crippen LogP) is 5.15. The molecule has 5 nitrogen and oxygen atoms in total. The maximum absolute atomic E-state index is 12.1. The molecule has 0 radical (unpaired) electrons. The Bertz CT molecular complexity index is 867. The SMILES string of the molecule is CCCC(=O)Oc1c(C)n(CC2(CC(=O)OCC)CC2)c2cccc(Br)c12. The van der Waals surface area contributed by atoms with Crippen LogP contribution in [0.5, 0.6) is 5.75 Å². The zero-order valence-corrected chi connectivity index (χ0v) is 17.7. The minimum absolute atomic E-state index is 0.0595. The average molecular weight is 436 g/mol. The quantitative estimate of drug-likeness (QED) is 0.537.